The molecule has 0 aliphatic heterocycles. The molecule has 158 valence electrons. The molecule has 32 heavy (non-hydrogen) atoms. The van der Waals surface area contributed by atoms with Crippen LogP contribution in [0.2, 0.25) is 0 Å². The van der Waals surface area contributed by atoms with Crippen LogP contribution in [0.25, 0.3) is 15.6 Å². The average Bonchev–Trinajstić information content (AvgIpc) is 3.48. The third-order valence-electron chi connectivity index (χ3n) is 6.02. The molecule has 1 aliphatic carbocycles. The van der Waals surface area contributed by atoms with E-state index in [4.69, 9.17) is 4.42 Å². The minimum Gasteiger partial charge on any atom is -0.469 e. The first kappa shape index (κ1) is 20.2. The van der Waals surface area contributed by atoms with E-state index in [-0.39, 0.29) is 23.7 Å². The summed E-state index contributed by atoms with van der Waals surface area (Å²) >= 11 is 1.37. The molecule has 5 rings (SSSR count). The van der Waals surface area contributed by atoms with Gasteiger partial charge >= 0.3 is 0 Å². The Labute approximate surface area is 188 Å². The Bertz CT molecular complexity index is 1450. The predicted molar refractivity (Wildman–Crippen MR) is 121 cm³/mol. The van der Waals surface area contributed by atoms with Crippen LogP contribution in [0.3, 0.4) is 0 Å². The largest absolute Gasteiger partial charge is 0.469 e. The number of hydrogen-bond acceptors (Lipinski definition) is 6. The van der Waals surface area contributed by atoms with Gasteiger partial charge in [-0.15, -0.1) is 0 Å². The smallest absolute Gasteiger partial charge is 0.275 e. The van der Waals surface area contributed by atoms with Gasteiger partial charge in [0.2, 0.25) is 0 Å². The van der Waals surface area contributed by atoms with Crippen LogP contribution in [-0.2, 0) is 6.42 Å². The number of aromatic nitrogens is 2. The first-order valence-electron chi connectivity index (χ1n) is 10.3. The van der Waals surface area contributed by atoms with Crippen molar-refractivity contribution >= 4 is 17.1 Å². The molecule has 7 heteroatoms. The van der Waals surface area contributed by atoms with Gasteiger partial charge < -0.3 is 4.42 Å². The molecule has 0 N–H and O–H groups in total. The number of benzene rings is 1. The van der Waals surface area contributed by atoms with Gasteiger partial charge in [0.15, 0.2) is 10.9 Å². The maximum Gasteiger partial charge on any atom is 0.275 e. The highest BCUT2D eigenvalue weighted by Crippen LogP contribution is 2.35. The van der Waals surface area contributed by atoms with E-state index in [1.165, 1.54) is 33.1 Å². The van der Waals surface area contributed by atoms with Crippen LogP contribution in [0.4, 0.5) is 0 Å². The number of rotatable bonds is 3. The van der Waals surface area contributed by atoms with Gasteiger partial charge in [0, 0.05) is 29.8 Å². The van der Waals surface area contributed by atoms with Gasteiger partial charge in [-0.3, -0.25) is 14.2 Å². The van der Waals surface area contributed by atoms with Gasteiger partial charge in [0.1, 0.15) is 17.4 Å². The first-order valence-corrected chi connectivity index (χ1v) is 11.1. The molecule has 1 aliphatic rings. The van der Waals surface area contributed by atoms with Crippen molar-refractivity contribution < 1.29 is 9.21 Å². The Morgan fingerprint density at radius 1 is 1.16 bits per heavy atom. The van der Waals surface area contributed by atoms with Crippen LogP contribution < -0.4 is 5.56 Å². The van der Waals surface area contributed by atoms with Crippen molar-refractivity contribution in [3.63, 3.8) is 0 Å². The van der Waals surface area contributed by atoms with E-state index in [1.807, 2.05) is 18.2 Å². The Morgan fingerprint density at radius 2 is 2.00 bits per heavy atom. The summed E-state index contributed by atoms with van der Waals surface area (Å²) in [6.07, 6.45) is 4.04. The lowest BCUT2D eigenvalue weighted by molar-refractivity contribution is 0.0958. The second-order valence-electron chi connectivity index (χ2n) is 8.02. The van der Waals surface area contributed by atoms with Crippen molar-refractivity contribution in [1.29, 1.82) is 5.26 Å². The standard InChI is InChI=1S/C25H19N3O3S/c1-14-5-6-16(8-15(14)2)23-13-27-25(32-23)28-20-10-17(22-4-3-7-31-22)11-21(29)19(20)9-18(12-26)24(28)30/h3-9,13,17H,10-11H2,1-2H3/t17-/m1/s1. The number of carbonyl (C=O) groups excluding carboxylic acids is 1. The third-order valence-corrected chi connectivity index (χ3v) is 7.05. The van der Waals surface area contributed by atoms with Crippen molar-refractivity contribution in [2.45, 2.75) is 32.6 Å². The van der Waals surface area contributed by atoms with E-state index in [0.29, 0.717) is 28.6 Å². The molecule has 1 aromatic carbocycles. The molecule has 0 bridgehead atoms. The lowest BCUT2D eigenvalue weighted by atomic mass is 9.84. The highest BCUT2D eigenvalue weighted by molar-refractivity contribution is 7.17. The first-order chi connectivity index (χ1) is 15.5. The van der Waals surface area contributed by atoms with E-state index < -0.39 is 5.56 Å². The number of pyridine rings is 1. The topological polar surface area (TPSA) is 88.9 Å². The number of fused-ring (bicyclic) bond motifs is 1. The van der Waals surface area contributed by atoms with Crippen LogP contribution in [0.1, 0.15) is 50.8 Å². The average molecular weight is 442 g/mol. The number of Topliss-reactive ketones (excluding diaryl/α,β-unsaturated/α-hetero) is 1. The molecule has 0 amide bonds. The number of hydrogen-bond donors (Lipinski definition) is 0. The number of furan rings is 1. The fourth-order valence-corrected chi connectivity index (χ4v) is 5.08. The van der Waals surface area contributed by atoms with Gasteiger partial charge in [-0.25, -0.2) is 4.98 Å². The van der Waals surface area contributed by atoms with E-state index >= 15 is 0 Å². The molecule has 0 saturated heterocycles. The van der Waals surface area contributed by atoms with E-state index in [9.17, 15) is 14.9 Å². The van der Waals surface area contributed by atoms with Gasteiger partial charge in [0.05, 0.1) is 11.1 Å². The molecule has 1 atom stereocenters. The quantitative estimate of drug-likeness (QED) is 0.449. The summed E-state index contributed by atoms with van der Waals surface area (Å²) in [5.74, 6) is 0.439. The molecule has 3 heterocycles. The number of nitrogens with zero attached hydrogens (tertiary/aromatic N) is 3. The molecular formula is C25H19N3O3S. The van der Waals surface area contributed by atoms with Crippen LogP contribution in [0, 0.1) is 25.2 Å². The van der Waals surface area contributed by atoms with Crippen molar-refractivity contribution in [2.24, 2.45) is 0 Å². The van der Waals surface area contributed by atoms with Crippen LogP contribution >= 0.6 is 11.3 Å². The SMILES string of the molecule is Cc1ccc(-c2cnc(-n3c4c(cc(C#N)c3=O)C(=O)C[C@H](c3ccco3)C4)s2)cc1C. The molecular weight excluding hydrogens is 422 g/mol. The zero-order valence-corrected chi connectivity index (χ0v) is 18.4. The van der Waals surface area contributed by atoms with Crippen molar-refractivity contribution in [3.8, 4) is 21.6 Å². The second kappa shape index (κ2) is 7.74. The van der Waals surface area contributed by atoms with Crippen LogP contribution in [-0.4, -0.2) is 15.3 Å². The Morgan fingerprint density at radius 3 is 2.72 bits per heavy atom. The summed E-state index contributed by atoms with van der Waals surface area (Å²) in [6, 6.07) is 13.2. The summed E-state index contributed by atoms with van der Waals surface area (Å²) in [6.45, 7) is 4.11. The molecule has 0 radical (unpaired) electrons. The summed E-state index contributed by atoms with van der Waals surface area (Å²) in [5.41, 5.74) is 3.86. The van der Waals surface area contributed by atoms with E-state index in [1.54, 1.807) is 18.5 Å². The maximum absolute atomic E-state index is 13.2. The van der Waals surface area contributed by atoms with Crippen molar-refractivity contribution in [3.05, 3.63) is 92.9 Å². The Kier molecular flexibility index (Phi) is 4.87. The van der Waals surface area contributed by atoms with E-state index in [0.717, 1.165) is 10.4 Å². The summed E-state index contributed by atoms with van der Waals surface area (Å²) in [5, 5.41) is 9.96. The number of thiazole rings is 1. The van der Waals surface area contributed by atoms with Gasteiger partial charge in [0.25, 0.3) is 5.56 Å². The highest BCUT2D eigenvalue weighted by atomic mass is 32.1. The molecule has 0 saturated carbocycles. The summed E-state index contributed by atoms with van der Waals surface area (Å²) in [4.78, 5) is 31.6. The number of nitriles is 1. The minimum absolute atomic E-state index is 0.0588. The number of ketones is 1. The van der Waals surface area contributed by atoms with Gasteiger partial charge in [-0.05, 0) is 55.2 Å². The highest BCUT2D eigenvalue weighted by Gasteiger charge is 2.32. The fourth-order valence-electron chi connectivity index (χ4n) is 4.14. The lowest BCUT2D eigenvalue weighted by Gasteiger charge is -2.24. The zero-order valence-electron chi connectivity index (χ0n) is 17.6. The second-order valence-corrected chi connectivity index (χ2v) is 9.03. The normalized spacial score (nSPS) is 15.4. The molecule has 0 spiro atoms. The number of carbonyl (C=O) groups is 1. The van der Waals surface area contributed by atoms with Crippen molar-refractivity contribution in [1.82, 2.24) is 9.55 Å². The van der Waals surface area contributed by atoms with E-state index in [2.05, 4.69) is 31.0 Å². The monoisotopic (exact) mass is 441 g/mol. The van der Waals surface area contributed by atoms with Gasteiger partial charge in [-0.1, -0.05) is 29.5 Å². The molecule has 4 aromatic rings. The molecule has 0 fully saturated rings. The Hall–Kier alpha value is -3.76. The minimum atomic E-state index is -0.458. The molecule has 0 unspecified atom stereocenters. The van der Waals surface area contributed by atoms with Crippen molar-refractivity contribution in [2.75, 3.05) is 0 Å². The van der Waals surface area contributed by atoms with Crippen LogP contribution in [0.5, 0.6) is 0 Å². The summed E-state index contributed by atoms with van der Waals surface area (Å²) < 4.78 is 6.98. The lowest BCUT2D eigenvalue weighted by Crippen LogP contribution is -2.31. The maximum atomic E-state index is 13.2. The number of aryl methyl sites for hydroxylation is 2. The predicted octanol–water partition coefficient (Wildman–Crippen LogP) is 4.96. The van der Waals surface area contributed by atoms with Crippen LogP contribution in [0.15, 0.2) is 58.1 Å². The fraction of sp³-hybridized carbons (Fsp3) is 0.200. The Balaban J connectivity index is 1.66. The van der Waals surface area contributed by atoms with Gasteiger partial charge in [-0.2, -0.15) is 5.26 Å². The molecule has 3 aromatic heterocycles. The summed E-state index contributed by atoms with van der Waals surface area (Å²) in [7, 11) is 0. The zero-order chi connectivity index (χ0) is 22.4. The molecule has 6 nitrogen and oxygen atoms in total. The third kappa shape index (κ3) is 3.29.